The van der Waals surface area contributed by atoms with E-state index in [2.05, 4.69) is 23.0 Å². The Bertz CT molecular complexity index is 692. The standard InChI is InChI=1S/C17H22N4O/c1-3-6-13-11(2)19-17(20-13)15-9-12-7-4-5-8-14(12)21(15)16(22)10-18/h4-5,7-8,15H,3,6,9-10,18H2,1-2H3,(H,19,20). The van der Waals surface area contributed by atoms with Crippen molar-refractivity contribution in [3.63, 3.8) is 0 Å². The molecule has 22 heavy (non-hydrogen) atoms. The van der Waals surface area contributed by atoms with Crippen LogP contribution >= 0.6 is 0 Å². The van der Waals surface area contributed by atoms with Crippen LogP contribution in [0, 0.1) is 6.92 Å². The van der Waals surface area contributed by atoms with Gasteiger partial charge in [0.1, 0.15) is 5.82 Å². The summed E-state index contributed by atoms with van der Waals surface area (Å²) < 4.78 is 0. The molecule has 0 bridgehead atoms. The van der Waals surface area contributed by atoms with E-state index in [9.17, 15) is 4.79 Å². The van der Waals surface area contributed by atoms with Crippen molar-refractivity contribution in [2.24, 2.45) is 5.73 Å². The second-order valence-corrected chi connectivity index (χ2v) is 5.75. The van der Waals surface area contributed by atoms with E-state index in [1.165, 1.54) is 5.56 Å². The lowest BCUT2D eigenvalue weighted by atomic mass is 10.1. The molecular weight excluding hydrogens is 276 g/mol. The number of anilines is 1. The van der Waals surface area contributed by atoms with E-state index in [1.54, 1.807) is 4.90 Å². The van der Waals surface area contributed by atoms with Gasteiger partial charge in [0, 0.05) is 17.8 Å². The maximum Gasteiger partial charge on any atom is 0.241 e. The number of fused-ring (bicyclic) bond motifs is 1. The van der Waals surface area contributed by atoms with E-state index in [4.69, 9.17) is 5.73 Å². The zero-order chi connectivity index (χ0) is 15.7. The van der Waals surface area contributed by atoms with Crippen LogP contribution in [0.5, 0.6) is 0 Å². The first-order chi connectivity index (χ1) is 10.7. The third-order valence-electron chi connectivity index (χ3n) is 4.24. The summed E-state index contributed by atoms with van der Waals surface area (Å²) in [6.07, 6.45) is 2.82. The first kappa shape index (κ1) is 14.8. The van der Waals surface area contributed by atoms with E-state index in [-0.39, 0.29) is 18.5 Å². The highest BCUT2D eigenvalue weighted by molar-refractivity contribution is 5.97. The summed E-state index contributed by atoms with van der Waals surface area (Å²) in [7, 11) is 0. The molecule has 0 radical (unpaired) electrons. The predicted octanol–water partition coefficient (Wildman–Crippen LogP) is 2.26. The van der Waals surface area contributed by atoms with Gasteiger partial charge in [0.25, 0.3) is 0 Å². The summed E-state index contributed by atoms with van der Waals surface area (Å²) in [5.74, 6) is 0.792. The Morgan fingerprint density at radius 1 is 1.45 bits per heavy atom. The number of nitrogens with zero attached hydrogens (tertiary/aromatic N) is 2. The van der Waals surface area contributed by atoms with Crippen LogP contribution in [0.1, 0.15) is 42.2 Å². The first-order valence-corrected chi connectivity index (χ1v) is 7.81. The molecule has 0 saturated carbocycles. The number of aromatic amines is 1. The van der Waals surface area contributed by atoms with Crippen molar-refractivity contribution in [2.75, 3.05) is 11.4 Å². The number of hydrogen-bond donors (Lipinski definition) is 2. The Kier molecular flexibility index (Phi) is 3.98. The highest BCUT2D eigenvalue weighted by atomic mass is 16.2. The minimum atomic E-state index is -0.0854. The number of carbonyl (C=O) groups excluding carboxylic acids is 1. The van der Waals surface area contributed by atoms with Gasteiger partial charge in [-0.15, -0.1) is 0 Å². The molecule has 1 aliphatic heterocycles. The molecule has 2 aromatic rings. The number of benzene rings is 1. The quantitative estimate of drug-likeness (QED) is 0.909. The van der Waals surface area contributed by atoms with Gasteiger partial charge in [0.05, 0.1) is 18.3 Å². The fourth-order valence-corrected chi connectivity index (χ4v) is 3.18. The molecule has 0 saturated heterocycles. The number of para-hydroxylation sites is 1. The zero-order valence-corrected chi connectivity index (χ0v) is 13.1. The monoisotopic (exact) mass is 298 g/mol. The highest BCUT2D eigenvalue weighted by Gasteiger charge is 2.35. The molecule has 5 heteroatoms. The summed E-state index contributed by atoms with van der Waals surface area (Å²) in [4.78, 5) is 22.2. The summed E-state index contributed by atoms with van der Waals surface area (Å²) in [6.45, 7) is 4.17. The largest absolute Gasteiger partial charge is 0.344 e. The van der Waals surface area contributed by atoms with Crippen molar-refractivity contribution in [3.8, 4) is 0 Å². The molecule has 1 aromatic heterocycles. The van der Waals surface area contributed by atoms with E-state index in [0.29, 0.717) is 0 Å². The van der Waals surface area contributed by atoms with Gasteiger partial charge >= 0.3 is 0 Å². The van der Waals surface area contributed by atoms with Crippen LogP contribution in [0.15, 0.2) is 24.3 Å². The molecule has 0 aliphatic carbocycles. The normalized spacial score (nSPS) is 16.9. The molecule has 0 fully saturated rings. The van der Waals surface area contributed by atoms with Crippen LogP contribution in [0.25, 0.3) is 0 Å². The summed E-state index contributed by atoms with van der Waals surface area (Å²) >= 11 is 0. The SMILES string of the molecule is CCCc1[nH]c(C2Cc3ccccc3N2C(=O)CN)nc1C. The number of nitrogens with one attached hydrogen (secondary N) is 1. The highest BCUT2D eigenvalue weighted by Crippen LogP contribution is 2.39. The lowest BCUT2D eigenvalue weighted by Crippen LogP contribution is -2.37. The Hall–Kier alpha value is -2.14. The summed E-state index contributed by atoms with van der Waals surface area (Å²) in [5.41, 5.74) is 9.91. The topological polar surface area (TPSA) is 75.0 Å². The molecule has 3 rings (SSSR count). The number of carbonyl (C=O) groups is 1. The van der Waals surface area contributed by atoms with Crippen LogP contribution in [-0.4, -0.2) is 22.4 Å². The van der Waals surface area contributed by atoms with E-state index >= 15 is 0 Å². The number of imidazole rings is 1. The average molecular weight is 298 g/mol. The molecule has 1 aliphatic rings. The maximum absolute atomic E-state index is 12.3. The second kappa shape index (κ2) is 5.93. The molecule has 1 amide bonds. The summed E-state index contributed by atoms with van der Waals surface area (Å²) in [5, 5.41) is 0. The first-order valence-electron chi connectivity index (χ1n) is 7.81. The molecule has 5 nitrogen and oxygen atoms in total. The average Bonchev–Trinajstić information content (AvgIpc) is 3.08. The molecule has 1 aromatic carbocycles. The molecule has 116 valence electrons. The molecule has 1 atom stereocenters. The van der Waals surface area contributed by atoms with E-state index < -0.39 is 0 Å². The summed E-state index contributed by atoms with van der Waals surface area (Å²) in [6, 6.07) is 7.91. The predicted molar refractivity (Wildman–Crippen MR) is 86.7 cm³/mol. The molecule has 3 N–H and O–H groups in total. The maximum atomic E-state index is 12.3. The molecule has 2 heterocycles. The van der Waals surface area contributed by atoms with Crippen LogP contribution in [0.2, 0.25) is 0 Å². The number of aryl methyl sites for hydroxylation is 2. The Morgan fingerprint density at radius 2 is 2.23 bits per heavy atom. The third kappa shape index (κ3) is 2.41. The minimum absolute atomic E-state index is 0.00629. The van der Waals surface area contributed by atoms with Gasteiger partial charge in [0.2, 0.25) is 5.91 Å². The smallest absolute Gasteiger partial charge is 0.241 e. The number of H-pyrrole nitrogens is 1. The van der Waals surface area contributed by atoms with E-state index in [0.717, 1.165) is 42.2 Å². The van der Waals surface area contributed by atoms with Gasteiger partial charge in [-0.2, -0.15) is 0 Å². The number of amides is 1. The molecule has 1 unspecified atom stereocenters. The van der Waals surface area contributed by atoms with Crippen molar-refractivity contribution in [1.29, 1.82) is 0 Å². The number of nitrogens with two attached hydrogens (primary N) is 1. The van der Waals surface area contributed by atoms with Gasteiger partial charge in [-0.25, -0.2) is 4.98 Å². The Morgan fingerprint density at radius 3 is 2.95 bits per heavy atom. The van der Waals surface area contributed by atoms with Crippen molar-refractivity contribution in [2.45, 2.75) is 39.2 Å². The van der Waals surface area contributed by atoms with Crippen molar-refractivity contribution >= 4 is 11.6 Å². The Labute approximate surface area is 130 Å². The van der Waals surface area contributed by atoms with Gasteiger partial charge in [-0.05, 0) is 25.0 Å². The number of rotatable bonds is 4. The van der Waals surface area contributed by atoms with Gasteiger partial charge in [0.15, 0.2) is 0 Å². The molecule has 0 spiro atoms. The fourth-order valence-electron chi connectivity index (χ4n) is 3.18. The van der Waals surface area contributed by atoms with Gasteiger partial charge in [-0.1, -0.05) is 31.5 Å². The van der Waals surface area contributed by atoms with Crippen molar-refractivity contribution < 1.29 is 4.79 Å². The van der Waals surface area contributed by atoms with Crippen molar-refractivity contribution in [1.82, 2.24) is 9.97 Å². The van der Waals surface area contributed by atoms with Crippen LogP contribution in [0.3, 0.4) is 0 Å². The lowest BCUT2D eigenvalue weighted by Gasteiger charge is -2.23. The number of aromatic nitrogens is 2. The zero-order valence-electron chi connectivity index (χ0n) is 13.1. The fraction of sp³-hybridized carbons (Fsp3) is 0.412. The van der Waals surface area contributed by atoms with Crippen LogP contribution in [-0.2, 0) is 17.6 Å². The number of hydrogen-bond acceptors (Lipinski definition) is 3. The van der Waals surface area contributed by atoms with Gasteiger partial charge in [-0.3, -0.25) is 4.79 Å². The van der Waals surface area contributed by atoms with Crippen LogP contribution < -0.4 is 10.6 Å². The molecular formula is C17H22N4O. The van der Waals surface area contributed by atoms with Crippen molar-refractivity contribution in [3.05, 3.63) is 47.0 Å². The van der Waals surface area contributed by atoms with E-state index in [1.807, 2.05) is 25.1 Å². The minimum Gasteiger partial charge on any atom is -0.344 e. The Balaban J connectivity index is 2.00. The third-order valence-corrected chi connectivity index (χ3v) is 4.24. The van der Waals surface area contributed by atoms with Gasteiger partial charge < -0.3 is 15.6 Å². The van der Waals surface area contributed by atoms with Crippen LogP contribution in [0.4, 0.5) is 5.69 Å². The lowest BCUT2D eigenvalue weighted by molar-refractivity contribution is -0.117. The second-order valence-electron chi connectivity index (χ2n) is 5.75.